The van der Waals surface area contributed by atoms with Crippen LogP contribution in [0.15, 0.2) is 54.1 Å². The maximum absolute atomic E-state index is 13.2. The number of nitrogens with one attached hydrogen (secondary N) is 1. The number of nitrogens with zero attached hydrogens (tertiary/aromatic N) is 2. The Kier molecular flexibility index (Phi) is 10.3. The number of aromatic nitrogens is 2. The molecule has 1 aliphatic rings. The first kappa shape index (κ1) is 27.7. The van der Waals surface area contributed by atoms with Crippen molar-refractivity contribution in [2.24, 2.45) is 0 Å². The number of carboxylic acid groups (broad SMARTS) is 4. The smallest absolute Gasteiger partial charge is 0.414 e. The highest BCUT2D eigenvalue weighted by molar-refractivity contribution is 6.27. The van der Waals surface area contributed by atoms with Crippen LogP contribution in [0.5, 0.6) is 0 Å². The maximum Gasteiger partial charge on any atom is 0.414 e. The molecule has 1 saturated heterocycles. The summed E-state index contributed by atoms with van der Waals surface area (Å²) >= 11 is 0. The second-order valence-electron chi connectivity index (χ2n) is 7.44. The number of piperidine rings is 1. The first-order chi connectivity index (χ1) is 17.1. The van der Waals surface area contributed by atoms with Crippen LogP contribution in [-0.4, -0.2) is 66.9 Å². The van der Waals surface area contributed by atoms with E-state index in [2.05, 4.69) is 22.0 Å². The van der Waals surface area contributed by atoms with Gasteiger partial charge in [0, 0.05) is 6.54 Å². The molecular formula is C24H24FN3O8. The standard InChI is InChI=1S/C20H20FN3.2C2H2O4/c21-17-7-5-16(6-8-17)14-24-19-4-2-1-3-18(19)23-20(24)13-15-9-11-22-12-10-15;2*3-1(4)2(5)6/h1-8,13,22H,9-12,14H2;2*(H,3,4)(H,5,6). The third-order valence-corrected chi connectivity index (χ3v) is 4.88. The summed E-state index contributed by atoms with van der Waals surface area (Å²) in [6.07, 6.45) is 4.36. The van der Waals surface area contributed by atoms with Gasteiger partial charge in [-0.2, -0.15) is 0 Å². The van der Waals surface area contributed by atoms with Crippen LogP contribution < -0.4 is 5.32 Å². The van der Waals surface area contributed by atoms with E-state index in [1.807, 2.05) is 30.3 Å². The molecule has 1 aromatic heterocycles. The normalized spacial score (nSPS) is 12.4. The summed E-state index contributed by atoms with van der Waals surface area (Å²) in [7, 11) is 0. The summed E-state index contributed by atoms with van der Waals surface area (Å²) in [5, 5.41) is 32.9. The van der Waals surface area contributed by atoms with Crippen LogP contribution in [0.1, 0.15) is 24.2 Å². The average Bonchev–Trinajstić information content (AvgIpc) is 3.18. The van der Waals surface area contributed by atoms with Crippen LogP contribution in [0.25, 0.3) is 17.1 Å². The van der Waals surface area contributed by atoms with Gasteiger partial charge in [0.25, 0.3) is 0 Å². The van der Waals surface area contributed by atoms with Crippen molar-refractivity contribution in [1.29, 1.82) is 0 Å². The van der Waals surface area contributed by atoms with Crippen molar-refractivity contribution in [1.82, 2.24) is 14.9 Å². The number of rotatable bonds is 3. The molecule has 1 fully saturated rings. The molecule has 2 aromatic carbocycles. The predicted molar refractivity (Wildman–Crippen MR) is 126 cm³/mol. The van der Waals surface area contributed by atoms with Gasteiger partial charge in [0.2, 0.25) is 0 Å². The Morgan fingerprint density at radius 2 is 1.39 bits per heavy atom. The highest BCUT2D eigenvalue weighted by Crippen LogP contribution is 2.22. The number of benzene rings is 2. The number of carbonyl (C=O) groups is 4. The van der Waals surface area contributed by atoms with Gasteiger partial charge in [0.1, 0.15) is 11.6 Å². The average molecular weight is 501 g/mol. The molecule has 0 spiro atoms. The fraction of sp³-hybridized carbons (Fsp3) is 0.208. The third-order valence-electron chi connectivity index (χ3n) is 4.88. The summed E-state index contributed by atoms with van der Waals surface area (Å²) in [6, 6.07) is 14.9. The van der Waals surface area contributed by atoms with Gasteiger partial charge in [0.05, 0.1) is 11.0 Å². The van der Waals surface area contributed by atoms with Gasteiger partial charge in [-0.25, -0.2) is 28.6 Å². The molecule has 0 radical (unpaired) electrons. The number of fused-ring (bicyclic) bond motifs is 1. The summed E-state index contributed by atoms with van der Waals surface area (Å²) in [6.45, 7) is 2.76. The number of hydrogen-bond donors (Lipinski definition) is 5. The Morgan fingerprint density at radius 1 is 0.861 bits per heavy atom. The Labute approximate surface area is 204 Å². The van der Waals surface area contributed by atoms with E-state index in [4.69, 9.17) is 44.6 Å². The molecule has 0 saturated carbocycles. The van der Waals surface area contributed by atoms with E-state index in [0.717, 1.165) is 48.4 Å². The lowest BCUT2D eigenvalue weighted by atomic mass is 10.1. The lowest BCUT2D eigenvalue weighted by Crippen LogP contribution is -2.23. The van der Waals surface area contributed by atoms with Crippen LogP contribution in [0.3, 0.4) is 0 Å². The zero-order valence-corrected chi connectivity index (χ0v) is 18.9. The minimum atomic E-state index is -1.82. The van der Waals surface area contributed by atoms with E-state index < -0.39 is 23.9 Å². The minimum absolute atomic E-state index is 0.203. The largest absolute Gasteiger partial charge is 0.473 e. The second-order valence-corrected chi connectivity index (χ2v) is 7.44. The zero-order chi connectivity index (χ0) is 26.7. The Hall–Kier alpha value is -4.58. The van der Waals surface area contributed by atoms with Crippen molar-refractivity contribution in [2.45, 2.75) is 19.4 Å². The number of para-hydroxylation sites is 2. The molecule has 11 nitrogen and oxygen atoms in total. The van der Waals surface area contributed by atoms with E-state index in [1.165, 1.54) is 17.7 Å². The van der Waals surface area contributed by atoms with Crippen molar-refractivity contribution >= 4 is 41.0 Å². The topological polar surface area (TPSA) is 179 Å². The van der Waals surface area contributed by atoms with Gasteiger partial charge >= 0.3 is 23.9 Å². The van der Waals surface area contributed by atoms with E-state index in [1.54, 1.807) is 0 Å². The van der Waals surface area contributed by atoms with Crippen molar-refractivity contribution < 1.29 is 44.0 Å². The van der Waals surface area contributed by atoms with Gasteiger partial charge in [0.15, 0.2) is 0 Å². The summed E-state index contributed by atoms with van der Waals surface area (Å²) in [4.78, 5) is 41.2. The molecule has 0 atom stereocenters. The molecule has 4 rings (SSSR count). The number of aliphatic carboxylic acids is 4. The number of hydrogen-bond acceptors (Lipinski definition) is 6. The molecule has 5 N–H and O–H groups in total. The lowest BCUT2D eigenvalue weighted by molar-refractivity contribution is -0.159. The van der Waals surface area contributed by atoms with Gasteiger partial charge in [-0.1, -0.05) is 29.8 Å². The third kappa shape index (κ3) is 8.65. The minimum Gasteiger partial charge on any atom is -0.473 e. The SMILES string of the molecule is Fc1ccc(Cn2c(C=C3CCNCC3)nc3ccccc32)cc1.O=C(O)C(=O)O.O=C(O)C(=O)O. The predicted octanol–water partition coefficient (Wildman–Crippen LogP) is 2.30. The molecule has 0 bridgehead atoms. The van der Waals surface area contributed by atoms with E-state index in [-0.39, 0.29) is 5.82 Å². The van der Waals surface area contributed by atoms with Gasteiger partial charge < -0.3 is 30.3 Å². The lowest BCUT2D eigenvalue weighted by Gasteiger charge is -2.15. The maximum atomic E-state index is 13.2. The van der Waals surface area contributed by atoms with Gasteiger partial charge in [-0.3, -0.25) is 0 Å². The van der Waals surface area contributed by atoms with Crippen LogP contribution in [0.2, 0.25) is 0 Å². The van der Waals surface area contributed by atoms with Crippen LogP contribution in [0, 0.1) is 5.82 Å². The monoisotopic (exact) mass is 501 g/mol. The van der Waals surface area contributed by atoms with Crippen molar-refractivity contribution in [3.8, 4) is 0 Å². The van der Waals surface area contributed by atoms with E-state index >= 15 is 0 Å². The number of imidazole rings is 1. The second kappa shape index (κ2) is 13.3. The first-order valence-corrected chi connectivity index (χ1v) is 10.6. The highest BCUT2D eigenvalue weighted by atomic mass is 19.1. The summed E-state index contributed by atoms with van der Waals surface area (Å²) < 4.78 is 15.4. The molecule has 0 amide bonds. The molecule has 190 valence electrons. The Bertz CT molecular complexity index is 1210. The summed E-state index contributed by atoms with van der Waals surface area (Å²) in [5.74, 6) is -6.52. The number of carboxylic acids is 4. The van der Waals surface area contributed by atoms with Crippen LogP contribution >= 0.6 is 0 Å². The molecule has 36 heavy (non-hydrogen) atoms. The molecule has 0 aliphatic carbocycles. The highest BCUT2D eigenvalue weighted by Gasteiger charge is 2.12. The van der Waals surface area contributed by atoms with Crippen molar-refractivity contribution in [2.75, 3.05) is 13.1 Å². The molecule has 0 unspecified atom stereocenters. The van der Waals surface area contributed by atoms with E-state index in [9.17, 15) is 4.39 Å². The molecular weight excluding hydrogens is 477 g/mol. The van der Waals surface area contributed by atoms with Crippen molar-refractivity contribution in [3.05, 3.63) is 71.3 Å². The zero-order valence-electron chi connectivity index (χ0n) is 18.9. The fourth-order valence-electron chi connectivity index (χ4n) is 3.22. The quantitative estimate of drug-likeness (QED) is 0.334. The Morgan fingerprint density at radius 3 is 1.92 bits per heavy atom. The molecule has 2 heterocycles. The molecule has 3 aromatic rings. The fourth-order valence-corrected chi connectivity index (χ4v) is 3.22. The van der Waals surface area contributed by atoms with Gasteiger partial charge in [-0.15, -0.1) is 0 Å². The summed E-state index contributed by atoms with van der Waals surface area (Å²) in [5.41, 5.74) is 4.62. The van der Waals surface area contributed by atoms with Crippen LogP contribution in [-0.2, 0) is 25.7 Å². The van der Waals surface area contributed by atoms with Crippen LogP contribution in [0.4, 0.5) is 4.39 Å². The van der Waals surface area contributed by atoms with E-state index in [0.29, 0.717) is 6.54 Å². The molecule has 1 aliphatic heterocycles. The molecule has 12 heteroatoms. The van der Waals surface area contributed by atoms with Crippen molar-refractivity contribution in [3.63, 3.8) is 0 Å². The number of halogens is 1. The first-order valence-electron chi connectivity index (χ1n) is 10.6. The Balaban J connectivity index is 0.000000319. The van der Waals surface area contributed by atoms with Gasteiger partial charge in [-0.05, 0) is 61.8 Å².